The Labute approximate surface area is 149 Å². The summed E-state index contributed by atoms with van der Waals surface area (Å²) < 4.78 is 3.08. The molecule has 6 nitrogen and oxygen atoms in total. The minimum Gasteiger partial charge on any atom is -0.353 e. The molecule has 0 aliphatic carbocycles. The summed E-state index contributed by atoms with van der Waals surface area (Å²) in [7, 11) is 0. The van der Waals surface area contributed by atoms with Crippen LogP contribution in [0.5, 0.6) is 0 Å². The predicted molar refractivity (Wildman–Crippen MR) is 97.3 cm³/mol. The number of hydrogen-bond acceptors (Lipinski definition) is 4. The fourth-order valence-electron chi connectivity index (χ4n) is 3.11. The average Bonchev–Trinajstić information content (AvgIpc) is 3.16. The molecule has 0 unspecified atom stereocenters. The van der Waals surface area contributed by atoms with Crippen LogP contribution in [0.25, 0.3) is 15.3 Å². The molecule has 1 N–H and O–H groups in total. The lowest BCUT2D eigenvalue weighted by molar-refractivity contribution is -0.123. The Bertz CT molecular complexity index is 969. The molecule has 1 aliphatic rings. The van der Waals surface area contributed by atoms with Crippen LogP contribution in [0.4, 0.5) is 0 Å². The maximum absolute atomic E-state index is 12.7. The smallest absolute Gasteiger partial charge is 0.254 e. The lowest BCUT2D eigenvalue weighted by atomic mass is 10.1. The molecule has 128 valence electrons. The number of thiazole rings is 1. The van der Waals surface area contributed by atoms with Gasteiger partial charge in [0.05, 0.1) is 16.8 Å². The first kappa shape index (κ1) is 15.8. The van der Waals surface area contributed by atoms with Gasteiger partial charge in [0.2, 0.25) is 5.91 Å². The highest BCUT2D eigenvalue weighted by molar-refractivity contribution is 7.20. The fraction of sp³-hybridized carbons (Fsp3) is 0.278. The van der Waals surface area contributed by atoms with Gasteiger partial charge in [-0.3, -0.25) is 14.2 Å². The quantitative estimate of drug-likeness (QED) is 0.768. The minimum absolute atomic E-state index is 0.111. The van der Waals surface area contributed by atoms with E-state index in [-0.39, 0.29) is 18.4 Å². The molecule has 0 spiro atoms. The SMILES string of the molecule is Cc1ccc(C)n1-c1nc2ccc(C(=O)N3CCNC(=O)C3)cc2s1. The summed E-state index contributed by atoms with van der Waals surface area (Å²) in [4.78, 5) is 30.4. The number of aryl methyl sites for hydroxylation is 2. The molecule has 3 heterocycles. The van der Waals surface area contributed by atoms with E-state index in [9.17, 15) is 9.59 Å². The van der Waals surface area contributed by atoms with Crippen LogP contribution in [0.3, 0.4) is 0 Å². The molecule has 7 heteroatoms. The Kier molecular flexibility index (Phi) is 3.80. The van der Waals surface area contributed by atoms with E-state index < -0.39 is 0 Å². The van der Waals surface area contributed by atoms with Crippen molar-refractivity contribution in [2.24, 2.45) is 0 Å². The monoisotopic (exact) mass is 354 g/mol. The Morgan fingerprint density at radius 1 is 1.20 bits per heavy atom. The highest BCUT2D eigenvalue weighted by Gasteiger charge is 2.22. The number of piperazine rings is 1. The molecule has 1 aliphatic heterocycles. The maximum atomic E-state index is 12.7. The van der Waals surface area contributed by atoms with E-state index in [2.05, 4.69) is 35.9 Å². The van der Waals surface area contributed by atoms with E-state index >= 15 is 0 Å². The van der Waals surface area contributed by atoms with Crippen LogP contribution in [0.2, 0.25) is 0 Å². The summed E-state index contributed by atoms with van der Waals surface area (Å²) >= 11 is 1.56. The lowest BCUT2D eigenvalue weighted by Crippen LogP contribution is -2.49. The van der Waals surface area contributed by atoms with Gasteiger partial charge in [-0.05, 0) is 44.2 Å². The fourth-order valence-corrected chi connectivity index (χ4v) is 4.23. The molecule has 0 atom stereocenters. The van der Waals surface area contributed by atoms with Gasteiger partial charge in [-0.1, -0.05) is 11.3 Å². The maximum Gasteiger partial charge on any atom is 0.254 e. The highest BCUT2D eigenvalue weighted by Crippen LogP contribution is 2.28. The third-order valence-corrected chi connectivity index (χ3v) is 5.42. The molecule has 0 radical (unpaired) electrons. The zero-order valence-electron chi connectivity index (χ0n) is 14.1. The van der Waals surface area contributed by atoms with Crippen molar-refractivity contribution < 1.29 is 9.59 Å². The molecule has 3 aromatic rings. The number of carbonyl (C=O) groups excluding carboxylic acids is 2. The number of aromatic nitrogens is 2. The second-order valence-corrected chi connectivity index (χ2v) is 7.22. The third kappa shape index (κ3) is 2.80. The van der Waals surface area contributed by atoms with E-state index in [1.807, 2.05) is 12.1 Å². The van der Waals surface area contributed by atoms with Crippen LogP contribution in [-0.4, -0.2) is 45.9 Å². The van der Waals surface area contributed by atoms with Gasteiger partial charge < -0.3 is 10.2 Å². The van der Waals surface area contributed by atoms with Gasteiger partial charge in [0, 0.05) is 30.0 Å². The van der Waals surface area contributed by atoms with Crippen LogP contribution in [0, 0.1) is 13.8 Å². The number of nitrogens with one attached hydrogen (secondary N) is 1. The van der Waals surface area contributed by atoms with Gasteiger partial charge in [0.25, 0.3) is 5.91 Å². The molecular formula is C18H18N4O2S. The van der Waals surface area contributed by atoms with Crippen LogP contribution < -0.4 is 5.32 Å². The topological polar surface area (TPSA) is 67.2 Å². The number of carbonyl (C=O) groups is 2. The summed E-state index contributed by atoms with van der Waals surface area (Å²) in [5.41, 5.74) is 3.73. The van der Waals surface area contributed by atoms with E-state index in [1.54, 1.807) is 22.3 Å². The Morgan fingerprint density at radius 2 is 1.96 bits per heavy atom. The third-order valence-electron chi connectivity index (χ3n) is 4.41. The molecule has 2 aromatic heterocycles. The van der Waals surface area contributed by atoms with Crippen molar-refractivity contribution in [3.63, 3.8) is 0 Å². The van der Waals surface area contributed by atoms with Crippen molar-refractivity contribution >= 4 is 33.4 Å². The lowest BCUT2D eigenvalue weighted by Gasteiger charge is -2.26. The molecule has 1 saturated heterocycles. The highest BCUT2D eigenvalue weighted by atomic mass is 32.1. The Morgan fingerprint density at radius 3 is 2.68 bits per heavy atom. The zero-order chi connectivity index (χ0) is 17.6. The molecule has 1 fully saturated rings. The van der Waals surface area contributed by atoms with Crippen LogP contribution >= 0.6 is 11.3 Å². The second kappa shape index (κ2) is 6.00. The normalized spacial score (nSPS) is 14.8. The van der Waals surface area contributed by atoms with E-state index in [0.29, 0.717) is 18.7 Å². The number of amides is 2. The molecule has 1 aromatic carbocycles. The van der Waals surface area contributed by atoms with Gasteiger partial charge in [-0.25, -0.2) is 4.98 Å². The number of fused-ring (bicyclic) bond motifs is 1. The zero-order valence-corrected chi connectivity index (χ0v) is 14.9. The first-order chi connectivity index (χ1) is 12.0. The average molecular weight is 354 g/mol. The van der Waals surface area contributed by atoms with Crippen molar-refractivity contribution in [3.8, 4) is 5.13 Å². The molecule has 0 bridgehead atoms. The van der Waals surface area contributed by atoms with Gasteiger partial charge in [0.15, 0.2) is 5.13 Å². The summed E-state index contributed by atoms with van der Waals surface area (Å²) in [6.45, 7) is 5.26. The molecule has 4 rings (SSSR count). The standard InChI is InChI=1S/C18H18N4O2S/c1-11-3-4-12(2)22(11)18-20-14-6-5-13(9-15(14)25-18)17(24)21-8-7-19-16(23)10-21/h3-6,9H,7-8,10H2,1-2H3,(H,19,23). The number of nitrogens with zero attached hydrogens (tertiary/aromatic N) is 3. The van der Waals surface area contributed by atoms with Crippen LogP contribution in [0.15, 0.2) is 30.3 Å². The largest absolute Gasteiger partial charge is 0.353 e. The van der Waals surface area contributed by atoms with Crippen molar-refractivity contribution in [2.45, 2.75) is 13.8 Å². The van der Waals surface area contributed by atoms with Crippen molar-refractivity contribution in [1.82, 2.24) is 19.8 Å². The van der Waals surface area contributed by atoms with Gasteiger partial charge in [-0.2, -0.15) is 0 Å². The molecule has 25 heavy (non-hydrogen) atoms. The van der Waals surface area contributed by atoms with Gasteiger partial charge in [0.1, 0.15) is 0 Å². The Hall–Kier alpha value is -2.67. The van der Waals surface area contributed by atoms with Crippen LogP contribution in [0.1, 0.15) is 21.7 Å². The molecule has 0 saturated carbocycles. The summed E-state index contributed by atoms with van der Waals surface area (Å²) in [5.74, 6) is -0.223. The Balaban J connectivity index is 1.69. The van der Waals surface area contributed by atoms with Gasteiger partial charge >= 0.3 is 0 Å². The number of benzene rings is 1. The van der Waals surface area contributed by atoms with E-state index in [4.69, 9.17) is 4.98 Å². The van der Waals surface area contributed by atoms with Crippen LogP contribution in [-0.2, 0) is 4.79 Å². The van der Waals surface area contributed by atoms with Gasteiger partial charge in [-0.15, -0.1) is 0 Å². The molecular weight excluding hydrogens is 336 g/mol. The van der Waals surface area contributed by atoms with E-state index in [1.165, 1.54) is 0 Å². The van der Waals surface area contributed by atoms with Crippen molar-refractivity contribution in [2.75, 3.05) is 19.6 Å². The molecule has 2 amide bonds. The van der Waals surface area contributed by atoms with Crippen molar-refractivity contribution in [1.29, 1.82) is 0 Å². The first-order valence-electron chi connectivity index (χ1n) is 8.15. The first-order valence-corrected chi connectivity index (χ1v) is 8.96. The summed E-state index contributed by atoms with van der Waals surface area (Å²) in [6.07, 6.45) is 0. The number of hydrogen-bond donors (Lipinski definition) is 1. The number of rotatable bonds is 2. The second-order valence-electron chi connectivity index (χ2n) is 6.21. The predicted octanol–water partition coefficient (Wildman–Crippen LogP) is 2.28. The summed E-state index contributed by atoms with van der Waals surface area (Å²) in [5, 5.41) is 3.63. The minimum atomic E-state index is -0.112. The van der Waals surface area contributed by atoms with Crippen molar-refractivity contribution in [3.05, 3.63) is 47.3 Å². The van der Waals surface area contributed by atoms with E-state index in [0.717, 1.165) is 26.7 Å². The summed E-state index contributed by atoms with van der Waals surface area (Å²) in [6, 6.07) is 9.67.